The summed E-state index contributed by atoms with van der Waals surface area (Å²) in [5, 5.41) is 23.8. The summed E-state index contributed by atoms with van der Waals surface area (Å²) in [7, 11) is 1.46. The highest BCUT2D eigenvalue weighted by atomic mass is 16.5. The number of fused-ring (bicyclic) bond motifs is 3. The quantitative estimate of drug-likeness (QED) is 0.257. The van der Waals surface area contributed by atoms with Crippen LogP contribution in [0.3, 0.4) is 0 Å². The summed E-state index contributed by atoms with van der Waals surface area (Å²) in [6, 6.07) is 2.32. The number of aliphatic hydroxyl groups excluding tert-OH is 2. The lowest BCUT2D eigenvalue weighted by atomic mass is 9.76. The average molecular weight is 527 g/mol. The number of allylic oxidation sites excluding steroid dienone is 1. The number of rotatable bonds is 9. The number of nitrogens with one attached hydrogen (secondary N) is 1. The third kappa shape index (κ3) is 5.49. The summed E-state index contributed by atoms with van der Waals surface area (Å²) in [6.07, 6.45) is 10.2. The molecule has 4 unspecified atom stereocenters. The van der Waals surface area contributed by atoms with Gasteiger partial charge in [0.2, 0.25) is 11.8 Å². The molecule has 4 rings (SSSR count). The Morgan fingerprint density at radius 3 is 2.58 bits per heavy atom. The lowest BCUT2D eigenvalue weighted by molar-refractivity contribution is -0.135. The number of aliphatic hydroxyl groups is 2. The standard InChI is InChI=1S/C29H38N2O7/c1-3-4-11-24(34)31(19-9-7-5-6-8-10-19)22-16-21(29(36)30-12-13-32)25-20-14-18(17-33)15-23(37-2)27(20)38-28(25)26(22)35/h4,11,14-17,19,22,25-26,28,32,35H,3,5-10,12-13H2,1-2H3,(H,30,36). The lowest BCUT2D eigenvalue weighted by Crippen LogP contribution is -2.58. The zero-order valence-electron chi connectivity index (χ0n) is 22.1. The molecule has 3 aliphatic rings. The molecule has 1 aromatic rings. The van der Waals surface area contributed by atoms with E-state index in [0.717, 1.165) is 38.5 Å². The molecule has 0 spiro atoms. The van der Waals surface area contributed by atoms with Crippen LogP contribution in [0.2, 0.25) is 0 Å². The van der Waals surface area contributed by atoms with E-state index in [2.05, 4.69) is 5.32 Å². The molecule has 206 valence electrons. The monoisotopic (exact) mass is 526 g/mol. The average Bonchev–Trinajstić information content (AvgIpc) is 3.11. The van der Waals surface area contributed by atoms with Crippen molar-refractivity contribution < 1.29 is 34.1 Å². The van der Waals surface area contributed by atoms with Crippen LogP contribution in [-0.4, -0.2) is 77.8 Å². The summed E-state index contributed by atoms with van der Waals surface area (Å²) < 4.78 is 11.7. The molecular weight excluding hydrogens is 488 g/mol. The van der Waals surface area contributed by atoms with E-state index in [4.69, 9.17) is 9.47 Å². The fourth-order valence-electron chi connectivity index (χ4n) is 5.94. The Labute approximate surface area is 223 Å². The molecule has 2 amide bonds. The van der Waals surface area contributed by atoms with Gasteiger partial charge in [0.1, 0.15) is 18.5 Å². The smallest absolute Gasteiger partial charge is 0.247 e. The molecule has 1 aromatic carbocycles. The van der Waals surface area contributed by atoms with Gasteiger partial charge >= 0.3 is 0 Å². The van der Waals surface area contributed by atoms with E-state index in [1.54, 1.807) is 35.3 Å². The van der Waals surface area contributed by atoms with Gasteiger partial charge in [-0.05, 0) is 43.5 Å². The maximum atomic E-state index is 13.6. The second kappa shape index (κ2) is 12.6. The summed E-state index contributed by atoms with van der Waals surface area (Å²) in [5.41, 5.74) is 1.25. The lowest BCUT2D eigenvalue weighted by Gasteiger charge is -2.43. The van der Waals surface area contributed by atoms with Crippen molar-refractivity contribution in [1.82, 2.24) is 10.2 Å². The first-order chi connectivity index (χ1) is 18.4. The Balaban J connectivity index is 1.83. The van der Waals surface area contributed by atoms with Crippen LogP contribution in [0.5, 0.6) is 11.5 Å². The molecule has 9 heteroatoms. The predicted molar refractivity (Wildman–Crippen MR) is 141 cm³/mol. The first kappa shape index (κ1) is 27.9. The zero-order valence-corrected chi connectivity index (χ0v) is 22.1. The highest BCUT2D eigenvalue weighted by Crippen LogP contribution is 2.51. The molecule has 1 heterocycles. The summed E-state index contributed by atoms with van der Waals surface area (Å²) in [5.74, 6) is -0.604. The maximum Gasteiger partial charge on any atom is 0.247 e. The van der Waals surface area contributed by atoms with Crippen LogP contribution in [0.1, 0.15) is 73.7 Å². The highest BCUT2D eigenvalue weighted by Gasteiger charge is 2.52. The zero-order chi connectivity index (χ0) is 27.2. The van der Waals surface area contributed by atoms with Gasteiger partial charge in [0.05, 0.1) is 25.7 Å². The van der Waals surface area contributed by atoms with Gasteiger partial charge in [-0.1, -0.05) is 38.7 Å². The maximum absolute atomic E-state index is 13.6. The van der Waals surface area contributed by atoms with Crippen molar-refractivity contribution in [3.05, 3.63) is 47.1 Å². The first-order valence-corrected chi connectivity index (χ1v) is 13.6. The van der Waals surface area contributed by atoms with Crippen LogP contribution in [0.4, 0.5) is 0 Å². The van der Waals surface area contributed by atoms with Gasteiger partial charge in [0, 0.05) is 29.3 Å². The topological polar surface area (TPSA) is 125 Å². The van der Waals surface area contributed by atoms with Crippen molar-refractivity contribution in [1.29, 1.82) is 0 Å². The van der Waals surface area contributed by atoms with Crippen molar-refractivity contribution >= 4 is 18.1 Å². The van der Waals surface area contributed by atoms with Crippen LogP contribution >= 0.6 is 0 Å². The Bertz CT molecular complexity index is 1090. The minimum atomic E-state index is -1.13. The molecule has 3 N–H and O–H groups in total. The minimum Gasteiger partial charge on any atom is -0.493 e. The Morgan fingerprint density at radius 2 is 1.95 bits per heavy atom. The van der Waals surface area contributed by atoms with Gasteiger partial charge in [-0.2, -0.15) is 0 Å². The van der Waals surface area contributed by atoms with Crippen molar-refractivity contribution in [2.75, 3.05) is 20.3 Å². The second-order valence-electron chi connectivity index (χ2n) is 10.1. The molecule has 2 aliphatic carbocycles. The fourth-order valence-corrected chi connectivity index (χ4v) is 5.94. The van der Waals surface area contributed by atoms with E-state index in [9.17, 15) is 24.6 Å². The van der Waals surface area contributed by atoms with Crippen LogP contribution in [0, 0.1) is 0 Å². The number of ether oxygens (including phenoxy) is 2. The number of benzene rings is 1. The van der Waals surface area contributed by atoms with E-state index in [-0.39, 0.29) is 25.1 Å². The van der Waals surface area contributed by atoms with Crippen LogP contribution in [0.25, 0.3) is 0 Å². The first-order valence-electron chi connectivity index (χ1n) is 13.6. The van der Waals surface area contributed by atoms with Crippen molar-refractivity contribution in [2.45, 2.75) is 82.1 Å². The SMILES string of the molecule is CCC=CC(=O)N(C1CCCCCC1)C1C=C(C(=O)NCCO)C2c3cc(C=O)cc(OC)c3OC2C1O. The van der Waals surface area contributed by atoms with E-state index in [1.807, 2.05) is 6.92 Å². The molecule has 9 nitrogen and oxygen atoms in total. The Hall–Kier alpha value is -3.17. The Kier molecular flexibility index (Phi) is 9.22. The Morgan fingerprint density at radius 1 is 1.21 bits per heavy atom. The van der Waals surface area contributed by atoms with E-state index in [0.29, 0.717) is 40.9 Å². The number of hydrogen-bond donors (Lipinski definition) is 3. The van der Waals surface area contributed by atoms with E-state index in [1.165, 1.54) is 7.11 Å². The van der Waals surface area contributed by atoms with Gasteiger partial charge in [0.25, 0.3) is 0 Å². The second-order valence-corrected chi connectivity index (χ2v) is 10.1. The fraction of sp³-hybridized carbons (Fsp3) is 0.552. The molecule has 4 atom stereocenters. The molecule has 38 heavy (non-hydrogen) atoms. The van der Waals surface area contributed by atoms with Gasteiger partial charge in [-0.25, -0.2) is 0 Å². The molecule has 0 radical (unpaired) electrons. The number of amides is 2. The minimum absolute atomic E-state index is 0.0523. The van der Waals surface area contributed by atoms with E-state index < -0.39 is 30.1 Å². The molecule has 1 aliphatic heterocycles. The molecule has 0 aromatic heterocycles. The molecule has 1 fully saturated rings. The summed E-state index contributed by atoms with van der Waals surface area (Å²) in [4.78, 5) is 40.4. The van der Waals surface area contributed by atoms with Crippen LogP contribution in [0.15, 0.2) is 35.9 Å². The third-order valence-electron chi connectivity index (χ3n) is 7.70. The van der Waals surface area contributed by atoms with Gasteiger partial charge in [-0.3, -0.25) is 14.4 Å². The summed E-state index contributed by atoms with van der Waals surface area (Å²) in [6.45, 7) is 1.77. The molecule has 0 saturated heterocycles. The van der Waals surface area contributed by atoms with Crippen molar-refractivity contribution in [2.24, 2.45) is 0 Å². The number of carbonyl (C=O) groups excluding carboxylic acids is 3. The van der Waals surface area contributed by atoms with Gasteiger partial charge < -0.3 is 29.9 Å². The van der Waals surface area contributed by atoms with Gasteiger partial charge in [0.15, 0.2) is 11.5 Å². The largest absolute Gasteiger partial charge is 0.493 e. The third-order valence-corrected chi connectivity index (χ3v) is 7.70. The van der Waals surface area contributed by atoms with Gasteiger partial charge in [-0.15, -0.1) is 0 Å². The molecule has 0 bridgehead atoms. The number of methoxy groups -OCH3 is 1. The van der Waals surface area contributed by atoms with Crippen LogP contribution in [-0.2, 0) is 9.59 Å². The molecule has 1 saturated carbocycles. The normalized spacial score (nSPS) is 25.0. The number of aldehydes is 1. The number of carbonyl (C=O) groups is 3. The molecular formula is C29H38N2O7. The predicted octanol–water partition coefficient (Wildman–Crippen LogP) is 2.65. The van der Waals surface area contributed by atoms with Crippen LogP contribution < -0.4 is 14.8 Å². The van der Waals surface area contributed by atoms with Crippen molar-refractivity contribution in [3.8, 4) is 11.5 Å². The van der Waals surface area contributed by atoms with E-state index >= 15 is 0 Å². The number of nitrogens with zero attached hydrogens (tertiary/aromatic N) is 1. The summed E-state index contributed by atoms with van der Waals surface area (Å²) >= 11 is 0. The number of hydrogen-bond acceptors (Lipinski definition) is 7. The highest BCUT2D eigenvalue weighted by molar-refractivity contribution is 5.97. The van der Waals surface area contributed by atoms with Crippen molar-refractivity contribution in [3.63, 3.8) is 0 Å².